The number of aliphatic imine (C=N–C) groups is 1. The maximum atomic E-state index is 5.82. The summed E-state index contributed by atoms with van der Waals surface area (Å²) in [7, 11) is 0. The summed E-state index contributed by atoms with van der Waals surface area (Å²) in [5.41, 5.74) is 1.43. The predicted molar refractivity (Wildman–Crippen MR) is 101 cm³/mol. The van der Waals surface area contributed by atoms with Gasteiger partial charge in [-0.2, -0.15) is 0 Å². The van der Waals surface area contributed by atoms with Crippen molar-refractivity contribution in [3.63, 3.8) is 0 Å². The fraction of sp³-hybridized carbons (Fsp3) is 0.722. The average molecular weight is 351 g/mol. The largest absolute Gasteiger partial charge is 0.373 e. The molecule has 1 saturated heterocycles. The van der Waals surface area contributed by atoms with Crippen LogP contribution in [-0.4, -0.2) is 55.8 Å². The van der Waals surface area contributed by atoms with Gasteiger partial charge in [0.2, 0.25) is 0 Å². The van der Waals surface area contributed by atoms with Crippen LogP contribution in [0.5, 0.6) is 0 Å². The maximum Gasteiger partial charge on any atom is 0.191 e. The van der Waals surface area contributed by atoms with Gasteiger partial charge in [-0.15, -0.1) is 11.3 Å². The first-order valence-corrected chi connectivity index (χ1v) is 10.0. The Kier molecular flexibility index (Phi) is 6.14. The van der Waals surface area contributed by atoms with Crippen LogP contribution >= 0.6 is 11.3 Å². The van der Waals surface area contributed by atoms with Crippen molar-refractivity contribution in [3.05, 3.63) is 21.9 Å². The standard InChI is InChI=1S/C18H30N4OS/c1-3-19-17(21-14-18(2)7-4-11-23-18)20-8-10-22-9-5-16-15(13-22)6-12-24-16/h6,12H,3-5,7-11,13-14H2,1-2H3,(H2,19,20,21). The third kappa shape index (κ3) is 4.71. The van der Waals surface area contributed by atoms with E-state index >= 15 is 0 Å². The molecule has 1 aromatic heterocycles. The van der Waals surface area contributed by atoms with Crippen molar-refractivity contribution < 1.29 is 4.74 Å². The predicted octanol–water partition coefficient (Wildman–Crippen LogP) is 2.23. The summed E-state index contributed by atoms with van der Waals surface area (Å²) in [6.45, 7) is 11.0. The first-order valence-electron chi connectivity index (χ1n) is 9.12. The van der Waals surface area contributed by atoms with Crippen LogP contribution < -0.4 is 10.6 Å². The van der Waals surface area contributed by atoms with Gasteiger partial charge in [0.1, 0.15) is 0 Å². The van der Waals surface area contributed by atoms with Crippen LogP contribution in [0.2, 0.25) is 0 Å². The number of nitrogens with one attached hydrogen (secondary N) is 2. The zero-order chi connectivity index (χ0) is 16.8. The lowest BCUT2D eigenvalue weighted by Gasteiger charge is -2.27. The third-order valence-corrected chi connectivity index (χ3v) is 5.85. The van der Waals surface area contributed by atoms with Gasteiger partial charge in [0.25, 0.3) is 0 Å². The Labute approximate surface area is 149 Å². The summed E-state index contributed by atoms with van der Waals surface area (Å²) in [6, 6.07) is 2.27. The molecule has 0 spiro atoms. The molecule has 2 N–H and O–H groups in total. The Morgan fingerprint density at radius 3 is 3.17 bits per heavy atom. The van der Waals surface area contributed by atoms with Crippen molar-refractivity contribution in [1.29, 1.82) is 0 Å². The van der Waals surface area contributed by atoms with E-state index in [0.29, 0.717) is 0 Å². The number of guanidine groups is 1. The van der Waals surface area contributed by atoms with E-state index in [1.54, 1.807) is 4.88 Å². The van der Waals surface area contributed by atoms with Crippen LogP contribution in [0.4, 0.5) is 0 Å². The SMILES string of the molecule is CCNC(=NCC1(C)CCCO1)NCCN1CCc2sccc2C1. The summed E-state index contributed by atoms with van der Waals surface area (Å²) < 4.78 is 5.82. The zero-order valence-electron chi connectivity index (χ0n) is 14.9. The van der Waals surface area contributed by atoms with Crippen molar-refractivity contribution in [2.75, 3.05) is 39.3 Å². The Hall–Kier alpha value is -1.11. The van der Waals surface area contributed by atoms with Gasteiger partial charge in [0.15, 0.2) is 5.96 Å². The highest BCUT2D eigenvalue weighted by Gasteiger charge is 2.29. The number of hydrogen-bond donors (Lipinski definition) is 2. The summed E-state index contributed by atoms with van der Waals surface area (Å²) in [5, 5.41) is 9.03. The molecule has 0 radical (unpaired) electrons. The number of hydrogen-bond acceptors (Lipinski definition) is 4. The third-order valence-electron chi connectivity index (χ3n) is 4.82. The lowest BCUT2D eigenvalue weighted by atomic mass is 10.0. The smallest absolute Gasteiger partial charge is 0.191 e. The van der Waals surface area contributed by atoms with Crippen LogP contribution in [0.1, 0.15) is 37.1 Å². The Morgan fingerprint density at radius 1 is 1.46 bits per heavy atom. The van der Waals surface area contributed by atoms with Crippen LogP contribution in [0.15, 0.2) is 16.4 Å². The zero-order valence-corrected chi connectivity index (χ0v) is 15.8. The molecule has 134 valence electrons. The lowest BCUT2D eigenvalue weighted by Crippen LogP contribution is -2.43. The highest BCUT2D eigenvalue weighted by molar-refractivity contribution is 7.10. The molecule has 5 nitrogen and oxygen atoms in total. The molecule has 0 amide bonds. The molecule has 2 aliphatic rings. The van der Waals surface area contributed by atoms with Crippen LogP contribution in [0.25, 0.3) is 0 Å². The van der Waals surface area contributed by atoms with Gasteiger partial charge in [0, 0.05) is 44.2 Å². The maximum absolute atomic E-state index is 5.82. The first-order chi connectivity index (χ1) is 11.7. The topological polar surface area (TPSA) is 48.9 Å². The molecule has 0 bridgehead atoms. The highest BCUT2D eigenvalue weighted by Crippen LogP contribution is 2.25. The number of thiophene rings is 1. The van der Waals surface area contributed by atoms with Gasteiger partial charge in [0.05, 0.1) is 12.1 Å². The Balaban J connectivity index is 1.44. The van der Waals surface area contributed by atoms with E-state index in [9.17, 15) is 0 Å². The monoisotopic (exact) mass is 350 g/mol. The van der Waals surface area contributed by atoms with Gasteiger partial charge in [-0.25, -0.2) is 0 Å². The average Bonchev–Trinajstić information content (AvgIpc) is 3.21. The molecule has 1 atom stereocenters. The second-order valence-corrected chi connectivity index (χ2v) is 7.92. The number of fused-ring (bicyclic) bond motifs is 1. The minimum Gasteiger partial charge on any atom is -0.373 e. The minimum atomic E-state index is -0.0788. The van der Waals surface area contributed by atoms with E-state index in [4.69, 9.17) is 9.73 Å². The molecule has 1 aromatic rings. The van der Waals surface area contributed by atoms with Crippen molar-refractivity contribution in [2.24, 2.45) is 4.99 Å². The Bertz CT molecular complexity index is 551. The fourth-order valence-electron chi connectivity index (χ4n) is 3.38. The first kappa shape index (κ1) is 17.7. The molecule has 1 fully saturated rings. The van der Waals surface area contributed by atoms with Gasteiger partial charge in [-0.05, 0) is 50.1 Å². The van der Waals surface area contributed by atoms with E-state index < -0.39 is 0 Å². The highest BCUT2D eigenvalue weighted by atomic mass is 32.1. The van der Waals surface area contributed by atoms with E-state index in [2.05, 4.69) is 40.8 Å². The van der Waals surface area contributed by atoms with Crippen molar-refractivity contribution >= 4 is 17.3 Å². The van der Waals surface area contributed by atoms with Crippen molar-refractivity contribution in [3.8, 4) is 0 Å². The summed E-state index contributed by atoms with van der Waals surface area (Å²) >= 11 is 1.90. The molecular formula is C18H30N4OS. The lowest BCUT2D eigenvalue weighted by molar-refractivity contribution is 0.0283. The van der Waals surface area contributed by atoms with Gasteiger partial charge >= 0.3 is 0 Å². The van der Waals surface area contributed by atoms with Gasteiger partial charge in [-0.1, -0.05) is 0 Å². The molecule has 0 aliphatic carbocycles. The number of rotatable bonds is 6. The van der Waals surface area contributed by atoms with Crippen LogP contribution in [0.3, 0.4) is 0 Å². The summed E-state index contributed by atoms with van der Waals surface area (Å²) in [4.78, 5) is 8.82. The van der Waals surface area contributed by atoms with Crippen molar-refractivity contribution in [2.45, 2.75) is 45.3 Å². The van der Waals surface area contributed by atoms with E-state index in [0.717, 1.165) is 64.7 Å². The molecule has 6 heteroatoms. The van der Waals surface area contributed by atoms with E-state index in [-0.39, 0.29) is 5.60 Å². The summed E-state index contributed by atoms with van der Waals surface area (Å²) in [6.07, 6.45) is 3.44. The molecular weight excluding hydrogens is 320 g/mol. The molecule has 2 aliphatic heterocycles. The molecule has 3 heterocycles. The normalized spacial score (nSPS) is 24.8. The number of ether oxygens (including phenoxy) is 1. The fourth-order valence-corrected chi connectivity index (χ4v) is 4.27. The van der Waals surface area contributed by atoms with Gasteiger partial charge < -0.3 is 15.4 Å². The van der Waals surface area contributed by atoms with Crippen LogP contribution in [0, 0.1) is 0 Å². The van der Waals surface area contributed by atoms with E-state index in [1.807, 2.05) is 11.3 Å². The molecule has 0 saturated carbocycles. The van der Waals surface area contributed by atoms with E-state index in [1.165, 1.54) is 12.0 Å². The molecule has 0 aromatic carbocycles. The summed E-state index contributed by atoms with van der Waals surface area (Å²) in [5.74, 6) is 0.905. The van der Waals surface area contributed by atoms with Crippen LogP contribution in [-0.2, 0) is 17.7 Å². The Morgan fingerprint density at radius 2 is 2.38 bits per heavy atom. The van der Waals surface area contributed by atoms with Gasteiger partial charge in [-0.3, -0.25) is 9.89 Å². The molecule has 3 rings (SSSR count). The van der Waals surface area contributed by atoms with Crippen molar-refractivity contribution in [1.82, 2.24) is 15.5 Å². The second-order valence-electron chi connectivity index (χ2n) is 6.92. The second kappa shape index (κ2) is 8.32. The molecule has 24 heavy (non-hydrogen) atoms. The molecule has 1 unspecified atom stereocenters. The minimum absolute atomic E-state index is 0.0788. The number of nitrogens with zero attached hydrogens (tertiary/aromatic N) is 2. The quantitative estimate of drug-likeness (QED) is 0.610.